The SMILES string of the molecule is CC(C)(C)OC(=O)N1CCC(OC(=O)c2ccc(C(C)(C)C)cc2)CC1. The minimum absolute atomic E-state index is 0.0525. The molecular formula is C21H31NO4. The Morgan fingerprint density at radius 3 is 1.96 bits per heavy atom. The Labute approximate surface area is 156 Å². The molecule has 1 saturated heterocycles. The number of hydrogen-bond donors (Lipinski definition) is 0. The number of rotatable bonds is 2. The van der Waals surface area contributed by atoms with Gasteiger partial charge in [-0.05, 0) is 43.9 Å². The lowest BCUT2D eigenvalue weighted by Crippen LogP contribution is -2.43. The molecule has 5 nitrogen and oxygen atoms in total. The average molecular weight is 361 g/mol. The van der Waals surface area contributed by atoms with Crippen LogP contribution in [-0.2, 0) is 14.9 Å². The molecule has 0 N–H and O–H groups in total. The lowest BCUT2D eigenvalue weighted by molar-refractivity contribution is -0.00340. The molecule has 1 aliphatic rings. The molecule has 26 heavy (non-hydrogen) atoms. The first-order valence-corrected chi connectivity index (χ1v) is 9.25. The van der Waals surface area contributed by atoms with Crippen molar-refractivity contribution in [3.8, 4) is 0 Å². The second-order valence-electron chi connectivity index (χ2n) is 8.90. The van der Waals surface area contributed by atoms with Crippen LogP contribution in [-0.4, -0.2) is 41.8 Å². The lowest BCUT2D eigenvalue weighted by Gasteiger charge is -2.33. The fourth-order valence-corrected chi connectivity index (χ4v) is 2.81. The van der Waals surface area contributed by atoms with E-state index in [4.69, 9.17) is 9.47 Å². The molecule has 144 valence electrons. The van der Waals surface area contributed by atoms with Crippen LogP contribution in [0.4, 0.5) is 4.79 Å². The Hall–Kier alpha value is -2.04. The summed E-state index contributed by atoms with van der Waals surface area (Å²) in [5, 5.41) is 0. The summed E-state index contributed by atoms with van der Waals surface area (Å²) in [5.41, 5.74) is 1.29. The third-order valence-electron chi connectivity index (χ3n) is 4.35. The predicted molar refractivity (Wildman–Crippen MR) is 101 cm³/mol. The standard InChI is InChI=1S/C21H31NO4/c1-20(2,3)16-9-7-15(8-10-16)18(23)25-17-11-13-22(14-12-17)19(24)26-21(4,5)6/h7-10,17H,11-14H2,1-6H3. The zero-order chi connectivity index (χ0) is 19.5. The van der Waals surface area contributed by atoms with E-state index in [2.05, 4.69) is 20.8 Å². The van der Waals surface area contributed by atoms with Gasteiger partial charge in [-0.15, -0.1) is 0 Å². The van der Waals surface area contributed by atoms with E-state index in [1.54, 1.807) is 4.90 Å². The van der Waals surface area contributed by atoms with Crippen molar-refractivity contribution in [3.05, 3.63) is 35.4 Å². The van der Waals surface area contributed by atoms with Crippen LogP contribution in [0.5, 0.6) is 0 Å². The monoisotopic (exact) mass is 361 g/mol. The second kappa shape index (κ2) is 7.68. The molecule has 1 amide bonds. The van der Waals surface area contributed by atoms with Crippen molar-refractivity contribution in [3.63, 3.8) is 0 Å². The van der Waals surface area contributed by atoms with E-state index >= 15 is 0 Å². The first-order chi connectivity index (χ1) is 12.0. The number of carbonyl (C=O) groups excluding carboxylic acids is 2. The van der Waals surface area contributed by atoms with E-state index in [-0.39, 0.29) is 23.6 Å². The van der Waals surface area contributed by atoms with Crippen LogP contribution in [0.1, 0.15) is 70.3 Å². The topological polar surface area (TPSA) is 55.8 Å². The van der Waals surface area contributed by atoms with Gasteiger partial charge < -0.3 is 14.4 Å². The Bertz CT molecular complexity index is 629. The van der Waals surface area contributed by atoms with Gasteiger partial charge in [0.05, 0.1) is 5.56 Å². The number of carbonyl (C=O) groups is 2. The summed E-state index contributed by atoms with van der Waals surface area (Å²) in [5.74, 6) is -0.304. The van der Waals surface area contributed by atoms with Gasteiger partial charge >= 0.3 is 12.1 Å². The molecule has 0 aliphatic carbocycles. The zero-order valence-electron chi connectivity index (χ0n) is 16.8. The fourth-order valence-electron chi connectivity index (χ4n) is 2.81. The van der Waals surface area contributed by atoms with Gasteiger partial charge in [-0.2, -0.15) is 0 Å². The summed E-state index contributed by atoms with van der Waals surface area (Å²) in [6.45, 7) is 13.0. The largest absolute Gasteiger partial charge is 0.459 e. The van der Waals surface area contributed by atoms with Gasteiger partial charge in [0.2, 0.25) is 0 Å². The van der Waals surface area contributed by atoms with Gasteiger partial charge in [0, 0.05) is 25.9 Å². The third kappa shape index (κ3) is 5.75. The highest BCUT2D eigenvalue weighted by molar-refractivity contribution is 5.89. The number of likely N-dealkylation sites (tertiary alicyclic amines) is 1. The van der Waals surface area contributed by atoms with Crippen LogP contribution in [0.25, 0.3) is 0 Å². The number of amides is 1. The van der Waals surface area contributed by atoms with Gasteiger partial charge in [0.15, 0.2) is 0 Å². The van der Waals surface area contributed by atoms with Gasteiger partial charge in [0.1, 0.15) is 11.7 Å². The minimum atomic E-state index is -0.500. The molecule has 1 aliphatic heterocycles. The Kier molecular flexibility index (Phi) is 5.99. The zero-order valence-corrected chi connectivity index (χ0v) is 16.8. The van der Waals surface area contributed by atoms with Crippen LogP contribution in [0.3, 0.4) is 0 Å². The van der Waals surface area contributed by atoms with Gasteiger partial charge in [-0.3, -0.25) is 0 Å². The molecular weight excluding hydrogens is 330 g/mol. The predicted octanol–water partition coefficient (Wildman–Crippen LogP) is 4.54. The summed E-state index contributed by atoms with van der Waals surface area (Å²) in [6.07, 6.45) is 0.791. The van der Waals surface area contributed by atoms with Crippen molar-refractivity contribution in [2.45, 2.75) is 71.5 Å². The molecule has 0 bridgehead atoms. The van der Waals surface area contributed by atoms with Crippen molar-refractivity contribution >= 4 is 12.1 Å². The number of benzene rings is 1. The van der Waals surface area contributed by atoms with E-state index in [0.29, 0.717) is 31.5 Å². The number of esters is 1. The van der Waals surface area contributed by atoms with Crippen molar-refractivity contribution in [1.29, 1.82) is 0 Å². The molecule has 0 radical (unpaired) electrons. The molecule has 1 heterocycles. The summed E-state index contributed by atoms with van der Waals surface area (Å²) >= 11 is 0. The Morgan fingerprint density at radius 1 is 0.962 bits per heavy atom. The maximum atomic E-state index is 12.3. The van der Waals surface area contributed by atoms with E-state index in [0.717, 1.165) is 0 Å². The molecule has 0 saturated carbocycles. The summed E-state index contributed by atoms with van der Waals surface area (Å²) in [6, 6.07) is 7.58. The normalized spacial score (nSPS) is 16.3. The molecule has 0 unspecified atom stereocenters. The van der Waals surface area contributed by atoms with E-state index in [1.807, 2.05) is 45.0 Å². The molecule has 1 aromatic carbocycles. The molecule has 0 aromatic heterocycles. The third-order valence-corrected chi connectivity index (χ3v) is 4.35. The van der Waals surface area contributed by atoms with Crippen molar-refractivity contribution in [1.82, 2.24) is 4.90 Å². The van der Waals surface area contributed by atoms with Crippen molar-refractivity contribution < 1.29 is 19.1 Å². The smallest absolute Gasteiger partial charge is 0.410 e. The van der Waals surface area contributed by atoms with Crippen LogP contribution in [0.2, 0.25) is 0 Å². The fraction of sp³-hybridized carbons (Fsp3) is 0.619. The van der Waals surface area contributed by atoms with Gasteiger partial charge in [-0.25, -0.2) is 9.59 Å². The maximum absolute atomic E-state index is 12.3. The quantitative estimate of drug-likeness (QED) is 0.726. The van der Waals surface area contributed by atoms with E-state index < -0.39 is 5.60 Å². The van der Waals surface area contributed by atoms with Crippen molar-refractivity contribution in [2.75, 3.05) is 13.1 Å². The maximum Gasteiger partial charge on any atom is 0.410 e. The molecule has 0 atom stereocenters. The van der Waals surface area contributed by atoms with Crippen LogP contribution >= 0.6 is 0 Å². The number of piperidine rings is 1. The van der Waals surface area contributed by atoms with Crippen LogP contribution in [0.15, 0.2) is 24.3 Å². The van der Waals surface area contributed by atoms with Crippen LogP contribution < -0.4 is 0 Å². The lowest BCUT2D eigenvalue weighted by atomic mass is 9.87. The molecule has 1 fully saturated rings. The molecule has 5 heteroatoms. The summed E-state index contributed by atoms with van der Waals surface area (Å²) < 4.78 is 11.0. The molecule has 0 spiro atoms. The highest BCUT2D eigenvalue weighted by Crippen LogP contribution is 2.23. The highest BCUT2D eigenvalue weighted by atomic mass is 16.6. The first-order valence-electron chi connectivity index (χ1n) is 9.25. The summed E-state index contributed by atoms with van der Waals surface area (Å²) in [4.78, 5) is 26.1. The van der Waals surface area contributed by atoms with Crippen molar-refractivity contribution in [2.24, 2.45) is 0 Å². The molecule has 1 aromatic rings. The number of hydrogen-bond acceptors (Lipinski definition) is 4. The molecule has 2 rings (SSSR count). The second-order valence-corrected chi connectivity index (χ2v) is 8.90. The highest BCUT2D eigenvalue weighted by Gasteiger charge is 2.28. The Balaban J connectivity index is 1.85. The minimum Gasteiger partial charge on any atom is -0.459 e. The first kappa shape index (κ1) is 20.3. The summed E-state index contributed by atoms with van der Waals surface area (Å²) in [7, 11) is 0. The number of ether oxygens (including phenoxy) is 2. The van der Waals surface area contributed by atoms with E-state index in [1.165, 1.54) is 5.56 Å². The van der Waals surface area contributed by atoms with Gasteiger partial charge in [-0.1, -0.05) is 32.9 Å². The van der Waals surface area contributed by atoms with Crippen LogP contribution in [0, 0.1) is 0 Å². The van der Waals surface area contributed by atoms with E-state index in [9.17, 15) is 9.59 Å². The van der Waals surface area contributed by atoms with Gasteiger partial charge in [0.25, 0.3) is 0 Å². The average Bonchev–Trinajstić information content (AvgIpc) is 2.53. The Morgan fingerprint density at radius 2 is 1.50 bits per heavy atom. The number of nitrogens with zero attached hydrogens (tertiary/aromatic N) is 1.